The Balaban J connectivity index is 2.27. The largest absolute Gasteiger partial charge is 0.398 e. The Morgan fingerprint density at radius 2 is 1.89 bits per heavy atom. The molecule has 0 bridgehead atoms. The predicted molar refractivity (Wildman–Crippen MR) is 72.4 cm³/mol. The summed E-state index contributed by atoms with van der Waals surface area (Å²) in [7, 11) is -1.34. The molecular weight excluding hydrogens is 273 g/mol. The van der Waals surface area contributed by atoms with Crippen LogP contribution in [-0.2, 0) is 16.6 Å². The molecule has 2 N–H and O–H groups in total. The van der Waals surface area contributed by atoms with Gasteiger partial charge in [0.1, 0.15) is 5.82 Å². The minimum Gasteiger partial charge on any atom is -0.398 e. The minimum atomic E-state index is -1.34. The van der Waals surface area contributed by atoms with E-state index in [-0.39, 0.29) is 10.8 Å². The summed E-state index contributed by atoms with van der Waals surface area (Å²) in [5.41, 5.74) is 6.72. The molecule has 1 atom stereocenters. The fraction of sp³-hybridized carbons (Fsp3) is 0.0769. The molecule has 18 heavy (non-hydrogen) atoms. The molecule has 0 amide bonds. The maximum Gasteiger partial charge on any atom is 0.142 e. The zero-order valence-electron chi connectivity index (χ0n) is 9.40. The van der Waals surface area contributed by atoms with Crippen molar-refractivity contribution in [1.29, 1.82) is 0 Å². The number of anilines is 1. The number of nitrogen functional groups attached to an aromatic ring is 1. The molecule has 0 heterocycles. The second-order valence-electron chi connectivity index (χ2n) is 3.74. The molecule has 0 aliphatic rings. The standard InChI is InChI=1S/C13H11ClFNOS/c14-13-9(4-3-5-10(13)15)8-18(17)12-7-2-1-6-11(12)16/h1-7H,8,16H2. The molecule has 1 unspecified atom stereocenters. The van der Waals surface area contributed by atoms with Gasteiger partial charge in [-0.15, -0.1) is 0 Å². The molecule has 0 fully saturated rings. The van der Waals surface area contributed by atoms with Gasteiger partial charge in [0.05, 0.1) is 26.5 Å². The average Bonchev–Trinajstić information content (AvgIpc) is 2.35. The van der Waals surface area contributed by atoms with Crippen molar-refractivity contribution in [1.82, 2.24) is 0 Å². The van der Waals surface area contributed by atoms with Crippen molar-refractivity contribution in [3.8, 4) is 0 Å². The van der Waals surface area contributed by atoms with Gasteiger partial charge in [0.15, 0.2) is 0 Å². The van der Waals surface area contributed by atoms with E-state index < -0.39 is 16.6 Å². The molecular formula is C13H11ClFNOS. The Morgan fingerprint density at radius 1 is 1.17 bits per heavy atom. The second kappa shape index (κ2) is 5.50. The molecule has 2 nitrogen and oxygen atoms in total. The quantitative estimate of drug-likeness (QED) is 0.878. The molecule has 0 aromatic heterocycles. The fourth-order valence-corrected chi connectivity index (χ4v) is 3.08. The van der Waals surface area contributed by atoms with E-state index in [9.17, 15) is 8.60 Å². The highest BCUT2D eigenvalue weighted by atomic mass is 35.5. The van der Waals surface area contributed by atoms with Gasteiger partial charge in [0.25, 0.3) is 0 Å². The highest BCUT2D eigenvalue weighted by Gasteiger charge is 2.12. The van der Waals surface area contributed by atoms with E-state index in [1.165, 1.54) is 6.07 Å². The Hall–Kier alpha value is -1.39. The number of nitrogens with two attached hydrogens (primary N) is 1. The first-order chi connectivity index (χ1) is 8.59. The Labute approximate surface area is 112 Å². The van der Waals surface area contributed by atoms with E-state index in [1.807, 2.05) is 0 Å². The van der Waals surface area contributed by atoms with Crippen LogP contribution in [0.4, 0.5) is 10.1 Å². The molecule has 2 rings (SSSR count). The van der Waals surface area contributed by atoms with E-state index in [2.05, 4.69) is 0 Å². The smallest absolute Gasteiger partial charge is 0.142 e. The topological polar surface area (TPSA) is 43.1 Å². The van der Waals surface area contributed by atoms with Gasteiger partial charge in [-0.3, -0.25) is 4.21 Å². The predicted octanol–water partition coefficient (Wildman–Crippen LogP) is 3.37. The molecule has 2 aromatic carbocycles. The third-order valence-electron chi connectivity index (χ3n) is 2.48. The van der Waals surface area contributed by atoms with Crippen LogP contribution in [0.5, 0.6) is 0 Å². The van der Waals surface area contributed by atoms with E-state index in [1.54, 1.807) is 36.4 Å². The van der Waals surface area contributed by atoms with Crippen LogP contribution in [0, 0.1) is 5.82 Å². The van der Waals surface area contributed by atoms with Crippen molar-refractivity contribution >= 4 is 28.1 Å². The summed E-state index contributed by atoms with van der Waals surface area (Å²) in [6.45, 7) is 0. The van der Waals surface area contributed by atoms with Crippen LogP contribution in [0.3, 0.4) is 0 Å². The first-order valence-electron chi connectivity index (χ1n) is 5.25. The van der Waals surface area contributed by atoms with E-state index >= 15 is 0 Å². The Bertz CT molecular complexity index is 603. The van der Waals surface area contributed by atoms with E-state index in [4.69, 9.17) is 17.3 Å². The third-order valence-corrected chi connectivity index (χ3v) is 4.34. The molecule has 2 aromatic rings. The first kappa shape index (κ1) is 13.1. The number of rotatable bonds is 3. The summed E-state index contributed by atoms with van der Waals surface area (Å²) >= 11 is 5.82. The zero-order chi connectivity index (χ0) is 13.1. The van der Waals surface area contributed by atoms with Crippen molar-refractivity contribution in [2.24, 2.45) is 0 Å². The lowest BCUT2D eigenvalue weighted by Crippen LogP contribution is -2.01. The average molecular weight is 284 g/mol. The van der Waals surface area contributed by atoms with Gasteiger partial charge in [-0.1, -0.05) is 35.9 Å². The zero-order valence-corrected chi connectivity index (χ0v) is 11.0. The van der Waals surface area contributed by atoms with Crippen LogP contribution in [-0.4, -0.2) is 4.21 Å². The molecule has 0 aliphatic carbocycles. The molecule has 0 spiro atoms. The Kier molecular flexibility index (Phi) is 3.99. The monoisotopic (exact) mass is 283 g/mol. The fourth-order valence-electron chi connectivity index (χ4n) is 1.57. The van der Waals surface area contributed by atoms with Gasteiger partial charge in [-0.05, 0) is 23.8 Å². The Morgan fingerprint density at radius 3 is 2.61 bits per heavy atom. The molecule has 0 radical (unpaired) electrons. The summed E-state index contributed by atoms with van der Waals surface area (Å²) in [5, 5.41) is 0.0142. The van der Waals surface area contributed by atoms with Crippen LogP contribution in [0.2, 0.25) is 5.02 Å². The van der Waals surface area contributed by atoms with Crippen molar-refractivity contribution in [3.63, 3.8) is 0 Å². The first-order valence-corrected chi connectivity index (χ1v) is 6.95. The summed E-state index contributed by atoms with van der Waals surface area (Å²) in [4.78, 5) is 0.540. The summed E-state index contributed by atoms with van der Waals surface area (Å²) in [6, 6.07) is 11.4. The van der Waals surface area contributed by atoms with Crippen LogP contribution in [0.15, 0.2) is 47.4 Å². The molecule has 94 valence electrons. The number of hydrogen-bond acceptors (Lipinski definition) is 2. The van der Waals surface area contributed by atoms with Gasteiger partial charge in [0.2, 0.25) is 0 Å². The lowest BCUT2D eigenvalue weighted by atomic mass is 10.2. The highest BCUT2D eigenvalue weighted by molar-refractivity contribution is 7.84. The maximum atomic E-state index is 13.3. The SMILES string of the molecule is Nc1ccccc1S(=O)Cc1cccc(F)c1Cl. The van der Waals surface area contributed by atoms with Crippen molar-refractivity contribution < 1.29 is 8.60 Å². The van der Waals surface area contributed by atoms with Crippen LogP contribution >= 0.6 is 11.6 Å². The maximum absolute atomic E-state index is 13.3. The summed E-state index contributed by atoms with van der Waals surface area (Å²) in [5.74, 6) is -0.364. The number of para-hydroxylation sites is 1. The molecule has 5 heteroatoms. The van der Waals surface area contributed by atoms with Gasteiger partial charge in [0, 0.05) is 5.69 Å². The molecule has 0 aliphatic heterocycles. The minimum absolute atomic E-state index is 0.0142. The van der Waals surface area contributed by atoms with E-state index in [0.717, 1.165) is 0 Å². The van der Waals surface area contributed by atoms with Crippen LogP contribution in [0.25, 0.3) is 0 Å². The lowest BCUT2D eigenvalue weighted by molar-refractivity contribution is 0.626. The lowest BCUT2D eigenvalue weighted by Gasteiger charge is -2.07. The molecule has 0 saturated heterocycles. The van der Waals surface area contributed by atoms with Crippen molar-refractivity contribution in [3.05, 3.63) is 58.9 Å². The number of benzene rings is 2. The number of halogens is 2. The highest BCUT2D eigenvalue weighted by Crippen LogP contribution is 2.24. The number of hydrogen-bond donors (Lipinski definition) is 1. The van der Waals surface area contributed by atoms with E-state index in [0.29, 0.717) is 16.1 Å². The van der Waals surface area contributed by atoms with Crippen LogP contribution in [0.1, 0.15) is 5.56 Å². The second-order valence-corrected chi connectivity index (χ2v) is 5.54. The van der Waals surface area contributed by atoms with Gasteiger partial charge < -0.3 is 5.73 Å². The van der Waals surface area contributed by atoms with Gasteiger partial charge in [-0.25, -0.2) is 4.39 Å². The van der Waals surface area contributed by atoms with Crippen molar-refractivity contribution in [2.75, 3.05) is 5.73 Å². The molecule has 0 saturated carbocycles. The van der Waals surface area contributed by atoms with Crippen molar-refractivity contribution in [2.45, 2.75) is 10.6 Å². The van der Waals surface area contributed by atoms with Crippen LogP contribution < -0.4 is 5.73 Å². The summed E-state index contributed by atoms with van der Waals surface area (Å²) < 4.78 is 25.4. The van der Waals surface area contributed by atoms with Gasteiger partial charge >= 0.3 is 0 Å². The normalized spacial score (nSPS) is 12.3. The van der Waals surface area contributed by atoms with Gasteiger partial charge in [-0.2, -0.15) is 0 Å². The third kappa shape index (κ3) is 2.71. The summed E-state index contributed by atoms with van der Waals surface area (Å²) in [6.07, 6.45) is 0.